The van der Waals surface area contributed by atoms with E-state index in [9.17, 15) is 8.42 Å². The number of piperidine rings is 1. The van der Waals surface area contributed by atoms with Crippen LogP contribution in [0.3, 0.4) is 0 Å². The number of hydrogen-bond acceptors (Lipinski definition) is 5. The van der Waals surface area contributed by atoms with E-state index in [0.717, 1.165) is 43.7 Å². The van der Waals surface area contributed by atoms with Gasteiger partial charge in [0.2, 0.25) is 10.0 Å². The summed E-state index contributed by atoms with van der Waals surface area (Å²) in [5, 5.41) is 0. The van der Waals surface area contributed by atoms with Gasteiger partial charge in [-0.15, -0.1) is 0 Å². The fourth-order valence-electron chi connectivity index (χ4n) is 4.42. The molecule has 1 saturated heterocycles. The molecule has 0 spiro atoms. The fourth-order valence-corrected chi connectivity index (χ4v) is 5.32. The zero-order chi connectivity index (χ0) is 23.4. The summed E-state index contributed by atoms with van der Waals surface area (Å²) >= 11 is 0. The van der Waals surface area contributed by atoms with Crippen LogP contribution in [0.15, 0.2) is 64.5 Å². The molecule has 2 heterocycles. The first-order chi connectivity index (χ1) is 15.8. The van der Waals surface area contributed by atoms with Gasteiger partial charge in [0.25, 0.3) is 0 Å². The van der Waals surface area contributed by atoms with Crippen LogP contribution in [0.25, 0.3) is 0 Å². The molecule has 0 aromatic heterocycles. The minimum Gasteiger partial charge on any atom is -0.291 e. The second kappa shape index (κ2) is 10.2. The van der Waals surface area contributed by atoms with Gasteiger partial charge in [0.15, 0.2) is 0 Å². The van der Waals surface area contributed by atoms with Crippen molar-refractivity contribution < 1.29 is 8.42 Å². The number of fused-ring (bicyclic) bond motifs is 1. The van der Waals surface area contributed by atoms with Crippen LogP contribution in [0.5, 0.6) is 0 Å². The number of likely N-dealkylation sites (tertiary alicyclic amines) is 1. The number of benzene rings is 2. The molecule has 4 rings (SSSR count). The SMILES string of the molecule is CC(c1ccc(S(=O)(=O)N(C)C)cc1)N1CN=C2CCN(CC#Cc3ccccc3)CC2C1. The van der Waals surface area contributed by atoms with E-state index in [2.05, 4.69) is 28.6 Å². The number of rotatable bonds is 5. The summed E-state index contributed by atoms with van der Waals surface area (Å²) in [5.41, 5.74) is 3.49. The Balaban J connectivity index is 1.38. The van der Waals surface area contributed by atoms with Gasteiger partial charge in [0, 0.05) is 57.0 Å². The Morgan fingerprint density at radius 2 is 1.82 bits per heavy atom. The van der Waals surface area contributed by atoms with Gasteiger partial charge in [-0.2, -0.15) is 0 Å². The van der Waals surface area contributed by atoms with Crippen molar-refractivity contribution in [2.24, 2.45) is 10.9 Å². The van der Waals surface area contributed by atoms with Gasteiger partial charge in [0.05, 0.1) is 18.1 Å². The highest BCUT2D eigenvalue weighted by Gasteiger charge is 2.31. The number of aliphatic imine (C=N–C) groups is 1. The average Bonchev–Trinajstić information content (AvgIpc) is 2.84. The molecule has 2 aliphatic heterocycles. The van der Waals surface area contributed by atoms with Crippen LogP contribution >= 0.6 is 0 Å². The lowest BCUT2D eigenvalue weighted by molar-refractivity contribution is 0.155. The number of sulfonamides is 1. The van der Waals surface area contributed by atoms with Crippen LogP contribution in [0, 0.1) is 17.8 Å². The van der Waals surface area contributed by atoms with E-state index in [4.69, 9.17) is 4.99 Å². The summed E-state index contributed by atoms with van der Waals surface area (Å²) in [6.07, 6.45) is 1.01. The molecule has 174 valence electrons. The molecule has 0 aliphatic carbocycles. The Bertz CT molecular complexity index is 1150. The highest BCUT2D eigenvalue weighted by molar-refractivity contribution is 7.89. The lowest BCUT2D eigenvalue weighted by atomic mass is 9.92. The average molecular weight is 465 g/mol. The molecular formula is C26H32N4O2S. The number of hydrogen-bond donors (Lipinski definition) is 0. The lowest BCUT2D eigenvalue weighted by Gasteiger charge is -2.41. The third kappa shape index (κ3) is 5.53. The molecule has 0 amide bonds. The first-order valence-corrected chi connectivity index (χ1v) is 12.8. The quantitative estimate of drug-likeness (QED) is 0.638. The molecular weight excluding hydrogens is 432 g/mol. The standard InChI is InChI=1S/C26H32N4O2S/c1-21(23-11-13-25(14-12-23)33(31,32)28(2)3)30-19-24-18-29(17-15-26(24)27-20-30)16-7-10-22-8-5-4-6-9-22/h4-6,8-9,11-14,21,24H,15-20H2,1-3H3. The maximum absolute atomic E-state index is 12.3. The molecule has 6 nitrogen and oxygen atoms in total. The predicted octanol–water partition coefficient (Wildman–Crippen LogP) is 3.09. The van der Waals surface area contributed by atoms with Crippen molar-refractivity contribution in [3.63, 3.8) is 0 Å². The van der Waals surface area contributed by atoms with Crippen LogP contribution in [0.1, 0.15) is 30.5 Å². The molecule has 1 fully saturated rings. The largest absolute Gasteiger partial charge is 0.291 e. The van der Waals surface area contributed by atoms with E-state index in [1.807, 2.05) is 42.5 Å². The molecule has 7 heteroatoms. The van der Waals surface area contributed by atoms with Gasteiger partial charge in [-0.1, -0.05) is 42.2 Å². The predicted molar refractivity (Wildman–Crippen MR) is 133 cm³/mol. The Labute approximate surface area is 198 Å². The van der Waals surface area contributed by atoms with Gasteiger partial charge in [-0.25, -0.2) is 12.7 Å². The topological polar surface area (TPSA) is 56.2 Å². The summed E-state index contributed by atoms with van der Waals surface area (Å²) in [6, 6.07) is 17.5. The van der Waals surface area contributed by atoms with Gasteiger partial charge < -0.3 is 0 Å². The van der Waals surface area contributed by atoms with Crippen LogP contribution in [0.4, 0.5) is 0 Å². The lowest BCUT2D eigenvalue weighted by Crippen LogP contribution is -2.49. The zero-order valence-electron chi connectivity index (χ0n) is 19.6. The molecule has 2 aromatic rings. The van der Waals surface area contributed by atoms with E-state index in [1.54, 1.807) is 26.2 Å². The van der Waals surface area contributed by atoms with Gasteiger partial charge >= 0.3 is 0 Å². The smallest absolute Gasteiger partial charge is 0.242 e. The first kappa shape index (κ1) is 23.7. The summed E-state index contributed by atoms with van der Waals surface area (Å²) in [6.45, 7) is 6.58. The maximum atomic E-state index is 12.3. The highest BCUT2D eigenvalue weighted by atomic mass is 32.2. The summed E-state index contributed by atoms with van der Waals surface area (Å²) in [4.78, 5) is 10.0. The second-order valence-corrected chi connectivity index (χ2v) is 11.1. The van der Waals surface area contributed by atoms with Gasteiger partial charge in [-0.3, -0.25) is 14.8 Å². The first-order valence-electron chi connectivity index (χ1n) is 11.4. The summed E-state index contributed by atoms with van der Waals surface area (Å²) in [7, 11) is -0.307. The van der Waals surface area contributed by atoms with Gasteiger partial charge in [-0.05, 0) is 43.2 Å². The van der Waals surface area contributed by atoms with Crippen molar-refractivity contribution in [3.05, 3.63) is 65.7 Å². The molecule has 0 radical (unpaired) electrons. The van der Waals surface area contributed by atoms with E-state index < -0.39 is 10.0 Å². The van der Waals surface area contributed by atoms with Crippen molar-refractivity contribution in [2.45, 2.75) is 24.3 Å². The summed E-state index contributed by atoms with van der Waals surface area (Å²) < 4.78 is 25.9. The Kier molecular flexibility index (Phi) is 7.30. The Hall–Kier alpha value is -2.50. The van der Waals surface area contributed by atoms with E-state index in [0.29, 0.717) is 17.5 Å². The Morgan fingerprint density at radius 1 is 1.09 bits per heavy atom. The minimum atomic E-state index is -3.41. The third-order valence-corrected chi connectivity index (χ3v) is 8.37. The van der Waals surface area contributed by atoms with Crippen molar-refractivity contribution in [1.82, 2.24) is 14.1 Å². The van der Waals surface area contributed by atoms with E-state index >= 15 is 0 Å². The molecule has 2 aromatic carbocycles. The van der Waals surface area contributed by atoms with Crippen LogP contribution in [-0.4, -0.2) is 75.2 Å². The van der Waals surface area contributed by atoms with E-state index in [-0.39, 0.29) is 6.04 Å². The molecule has 2 unspecified atom stereocenters. The van der Waals surface area contributed by atoms with Crippen molar-refractivity contribution in [1.29, 1.82) is 0 Å². The minimum absolute atomic E-state index is 0.166. The molecule has 2 aliphatic rings. The normalized spacial score (nSPS) is 20.5. The van der Waals surface area contributed by atoms with Crippen LogP contribution < -0.4 is 0 Å². The third-order valence-electron chi connectivity index (χ3n) is 6.54. The molecule has 33 heavy (non-hydrogen) atoms. The molecule has 0 saturated carbocycles. The maximum Gasteiger partial charge on any atom is 0.242 e. The van der Waals surface area contributed by atoms with Crippen LogP contribution in [0.2, 0.25) is 0 Å². The van der Waals surface area contributed by atoms with Crippen molar-refractivity contribution in [3.8, 4) is 11.8 Å². The van der Waals surface area contributed by atoms with Crippen molar-refractivity contribution >= 4 is 15.7 Å². The second-order valence-electron chi connectivity index (χ2n) is 8.94. The summed E-state index contributed by atoms with van der Waals surface area (Å²) in [5.74, 6) is 7.00. The van der Waals surface area contributed by atoms with Crippen LogP contribution in [-0.2, 0) is 10.0 Å². The monoisotopic (exact) mass is 464 g/mol. The molecule has 2 atom stereocenters. The number of nitrogens with zero attached hydrogens (tertiary/aromatic N) is 4. The molecule has 0 N–H and O–H groups in total. The van der Waals surface area contributed by atoms with Crippen molar-refractivity contribution in [2.75, 3.05) is 46.9 Å². The molecule has 0 bridgehead atoms. The fraction of sp³-hybridized carbons (Fsp3) is 0.423. The van der Waals surface area contributed by atoms with Gasteiger partial charge in [0.1, 0.15) is 0 Å². The Morgan fingerprint density at radius 3 is 2.52 bits per heavy atom. The zero-order valence-corrected chi connectivity index (χ0v) is 20.4. The van der Waals surface area contributed by atoms with E-state index in [1.165, 1.54) is 10.0 Å². The highest BCUT2D eigenvalue weighted by Crippen LogP contribution is 2.28.